The maximum atomic E-state index is 5.85. The van der Waals surface area contributed by atoms with Crippen molar-refractivity contribution in [2.75, 3.05) is 5.73 Å². The number of anilines is 1. The van der Waals surface area contributed by atoms with Crippen LogP contribution in [-0.4, -0.2) is 4.98 Å². The van der Waals surface area contributed by atoms with Gasteiger partial charge in [-0.3, -0.25) is 0 Å². The van der Waals surface area contributed by atoms with Crippen molar-refractivity contribution in [1.29, 1.82) is 0 Å². The summed E-state index contributed by atoms with van der Waals surface area (Å²) in [5.74, 6) is 0.595. The minimum absolute atomic E-state index is 0.469. The lowest BCUT2D eigenvalue weighted by atomic mass is 10.2. The van der Waals surface area contributed by atoms with E-state index >= 15 is 0 Å². The molecule has 1 fully saturated rings. The predicted molar refractivity (Wildman–Crippen MR) is 53.3 cm³/mol. The van der Waals surface area contributed by atoms with Gasteiger partial charge in [0.15, 0.2) is 0 Å². The molecule has 1 aliphatic carbocycles. The van der Waals surface area contributed by atoms with Crippen molar-refractivity contribution in [2.24, 2.45) is 0 Å². The van der Waals surface area contributed by atoms with Gasteiger partial charge in [0.05, 0.1) is 10.2 Å². The van der Waals surface area contributed by atoms with E-state index in [0.717, 1.165) is 5.69 Å². The number of nitrogen functional groups attached to an aromatic ring is 1. The Morgan fingerprint density at radius 2 is 2.25 bits per heavy atom. The third-order valence-electron chi connectivity index (χ3n) is 1.96. The van der Waals surface area contributed by atoms with Crippen molar-refractivity contribution < 1.29 is 0 Å². The van der Waals surface area contributed by atoms with E-state index in [1.54, 1.807) is 0 Å². The van der Waals surface area contributed by atoms with E-state index in [9.17, 15) is 0 Å². The van der Waals surface area contributed by atoms with Crippen molar-refractivity contribution in [2.45, 2.75) is 18.8 Å². The van der Waals surface area contributed by atoms with E-state index in [-0.39, 0.29) is 0 Å². The van der Waals surface area contributed by atoms with Crippen LogP contribution in [0.25, 0.3) is 0 Å². The molecule has 0 saturated heterocycles. The number of nitrogens with zero attached hydrogens (tertiary/aromatic N) is 1. The van der Waals surface area contributed by atoms with Gasteiger partial charge in [0.25, 0.3) is 0 Å². The summed E-state index contributed by atoms with van der Waals surface area (Å²) in [5.41, 5.74) is 7.42. The maximum absolute atomic E-state index is 5.85. The predicted octanol–water partition coefficient (Wildman–Crippen LogP) is 2.96. The van der Waals surface area contributed by atoms with Crippen LogP contribution in [0.15, 0.2) is 10.5 Å². The van der Waals surface area contributed by atoms with Crippen LogP contribution in [0.1, 0.15) is 24.5 Å². The molecule has 0 spiro atoms. The zero-order valence-corrected chi connectivity index (χ0v) is 8.69. The third kappa shape index (κ3) is 1.43. The Bertz CT molecular complexity index is 300. The van der Waals surface area contributed by atoms with Gasteiger partial charge in [0.2, 0.25) is 0 Å². The SMILES string of the molecule is Nc1cc(C2CC2)nc(Cl)c1Br. The smallest absolute Gasteiger partial charge is 0.145 e. The van der Waals surface area contributed by atoms with Crippen molar-refractivity contribution in [3.05, 3.63) is 21.4 Å². The van der Waals surface area contributed by atoms with E-state index in [0.29, 0.717) is 21.2 Å². The number of rotatable bonds is 1. The molecule has 1 saturated carbocycles. The molecule has 64 valence electrons. The summed E-state index contributed by atoms with van der Waals surface area (Å²) in [6.45, 7) is 0. The van der Waals surface area contributed by atoms with Crippen LogP contribution in [0.4, 0.5) is 5.69 Å². The van der Waals surface area contributed by atoms with Crippen molar-refractivity contribution in [3.63, 3.8) is 0 Å². The van der Waals surface area contributed by atoms with Crippen LogP contribution in [0, 0.1) is 0 Å². The van der Waals surface area contributed by atoms with Crippen LogP contribution in [-0.2, 0) is 0 Å². The van der Waals surface area contributed by atoms with E-state index in [4.69, 9.17) is 17.3 Å². The minimum atomic E-state index is 0.469. The van der Waals surface area contributed by atoms with Gasteiger partial charge < -0.3 is 5.73 Å². The largest absolute Gasteiger partial charge is 0.398 e. The summed E-state index contributed by atoms with van der Waals surface area (Å²) < 4.78 is 0.702. The molecular formula is C8H8BrClN2. The monoisotopic (exact) mass is 246 g/mol. The van der Waals surface area contributed by atoms with Gasteiger partial charge in [-0.25, -0.2) is 4.98 Å². The van der Waals surface area contributed by atoms with E-state index < -0.39 is 0 Å². The molecule has 1 aliphatic rings. The topological polar surface area (TPSA) is 38.9 Å². The highest BCUT2D eigenvalue weighted by Gasteiger charge is 2.26. The molecule has 4 heteroatoms. The third-order valence-corrected chi connectivity index (χ3v) is 3.30. The van der Waals surface area contributed by atoms with Crippen molar-refractivity contribution in [3.8, 4) is 0 Å². The lowest BCUT2D eigenvalue weighted by Crippen LogP contribution is -1.94. The first kappa shape index (κ1) is 8.32. The summed E-state index contributed by atoms with van der Waals surface area (Å²) in [6.07, 6.45) is 2.43. The first-order valence-electron chi connectivity index (χ1n) is 3.80. The summed E-state index contributed by atoms with van der Waals surface area (Å²) in [7, 11) is 0. The molecule has 2 N–H and O–H groups in total. The average molecular weight is 248 g/mol. The second-order valence-electron chi connectivity index (χ2n) is 3.02. The zero-order valence-electron chi connectivity index (χ0n) is 6.35. The second kappa shape index (κ2) is 2.89. The van der Waals surface area contributed by atoms with Crippen LogP contribution < -0.4 is 5.73 Å². The Hall–Kier alpha value is -0.280. The highest BCUT2D eigenvalue weighted by Crippen LogP contribution is 2.41. The van der Waals surface area contributed by atoms with Gasteiger partial charge in [0.1, 0.15) is 5.15 Å². The lowest BCUT2D eigenvalue weighted by Gasteiger charge is -2.03. The molecule has 0 amide bonds. The normalized spacial score (nSPS) is 16.5. The van der Waals surface area contributed by atoms with Crippen LogP contribution in [0.5, 0.6) is 0 Å². The Kier molecular flexibility index (Phi) is 2.00. The maximum Gasteiger partial charge on any atom is 0.145 e. The number of halogens is 2. The lowest BCUT2D eigenvalue weighted by molar-refractivity contribution is 1.02. The second-order valence-corrected chi connectivity index (χ2v) is 4.17. The molecule has 1 aromatic rings. The summed E-state index contributed by atoms with van der Waals surface area (Å²) in [4.78, 5) is 4.23. The van der Waals surface area contributed by atoms with Gasteiger partial charge in [-0.2, -0.15) is 0 Å². The molecule has 0 radical (unpaired) electrons. The Morgan fingerprint density at radius 3 is 2.75 bits per heavy atom. The molecule has 0 aromatic carbocycles. The van der Waals surface area contributed by atoms with Gasteiger partial charge in [-0.1, -0.05) is 11.6 Å². The summed E-state index contributed by atoms with van der Waals surface area (Å²) in [6, 6.07) is 1.90. The highest BCUT2D eigenvalue weighted by atomic mass is 79.9. The van der Waals surface area contributed by atoms with Crippen LogP contribution in [0.2, 0.25) is 5.15 Å². The number of pyridine rings is 1. The minimum Gasteiger partial charge on any atom is -0.398 e. The van der Waals surface area contributed by atoms with E-state index in [1.807, 2.05) is 6.07 Å². The fourth-order valence-corrected chi connectivity index (χ4v) is 1.53. The molecule has 2 rings (SSSR count). The molecule has 2 nitrogen and oxygen atoms in total. The summed E-state index contributed by atoms with van der Waals surface area (Å²) >= 11 is 9.12. The number of aromatic nitrogens is 1. The van der Waals surface area contributed by atoms with Crippen LogP contribution in [0.3, 0.4) is 0 Å². The van der Waals surface area contributed by atoms with Crippen molar-refractivity contribution >= 4 is 33.2 Å². The zero-order chi connectivity index (χ0) is 8.72. The number of hydrogen-bond donors (Lipinski definition) is 1. The molecule has 0 atom stereocenters. The molecule has 0 bridgehead atoms. The molecule has 0 unspecified atom stereocenters. The molecular weight excluding hydrogens is 239 g/mol. The molecule has 12 heavy (non-hydrogen) atoms. The standard InChI is InChI=1S/C8H8BrClN2/c9-7-5(11)3-6(4-1-2-4)12-8(7)10/h3-4H,1-2H2,(H2,11,12). The average Bonchev–Trinajstić information content (AvgIpc) is 2.81. The van der Waals surface area contributed by atoms with Crippen LogP contribution >= 0.6 is 27.5 Å². The summed E-state index contributed by atoms with van der Waals surface area (Å²) in [5, 5.41) is 0.469. The first-order valence-corrected chi connectivity index (χ1v) is 4.97. The highest BCUT2D eigenvalue weighted by molar-refractivity contribution is 9.10. The quantitative estimate of drug-likeness (QED) is 0.775. The van der Waals surface area contributed by atoms with Gasteiger partial charge in [-0.05, 0) is 34.8 Å². The molecule has 1 heterocycles. The Morgan fingerprint density at radius 1 is 1.58 bits per heavy atom. The van der Waals surface area contributed by atoms with E-state index in [2.05, 4.69) is 20.9 Å². The Labute approximate surface area is 84.3 Å². The Balaban J connectivity index is 2.45. The van der Waals surface area contributed by atoms with Gasteiger partial charge >= 0.3 is 0 Å². The fraction of sp³-hybridized carbons (Fsp3) is 0.375. The molecule has 1 aromatic heterocycles. The van der Waals surface area contributed by atoms with Gasteiger partial charge in [-0.15, -0.1) is 0 Å². The van der Waals surface area contributed by atoms with E-state index in [1.165, 1.54) is 12.8 Å². The number of nitrogens with two attached hydrogens (primary N) is 1. The number of hydrogen-bond acceptors (Lipinski definition) is 2. The van der Waals surface area contributed by atoms with Gasteiger partial charge in [0, 0.05) is 11.6 Å². The first-order chi connectivity index (χ1) is 5.68. The molecule has 0 aliphatic heterocycles. The van der Waals surface area contributed by atoms with Crippen molar-refractivity contribution in [1.82, 2.24) is 4.98 Å². The fourth-order valence-electron chi connectivity index (χ4n) is 1.12.